The monoisotopic (exact) mass is 492 g/mol. The molecule has 0 spiro atoms. The van der Waals surface area contributed by atoms with Gasteiger partial charge in [-0.3, -0.25) is 15.0 Å². The fraction of sp³-hybridized carbons (Fsp3) is 0.444. The Morgan fingerprint density at radius 1 is 1.17 bits per heavy atom. The second kappa shape index (κ2) is 9.28. The van der Waals surface area contributed by atoms with Crippen molar-refractivity contribution in [2.45, 2.75) is 70.2 Å². The molecule has 3 aromatic rings. The second-order valence-corrected chi connectivity index (χ2v) is 10.2. The summed E-state index contributed by atoms with van der Waals surface area (Å²) in [6.45, 7) is 3.28. The number of carbonyl (C=O) groups excluding carboxylic acids is 1. The maximum absolute atomic E-state index is 14.3. The number of nitrogens with one attached hydrogen (secondary N) is 2. The SMILES string of the molecule is Cc1cc(-c2n[nH]c3c2CN(C(=O)NC2CCC4CCC2N4Cc2c(F)cccc2F)CC3)ccn1. The predicted octanol–water partition coefficient (Wildman–Crippen LogP) is 4.32. The Morgan fingerprint density at radius 3 is 2.78 bits per heavy atom. The lowest BCUT2D eigenvalue weighted by Crippen LogP contribution is -2.56. The Bertz CT molecular complexity index is 1270. The van der Waals surface area contributed by atoms with Gasteiger partial charge in [0.25, 0.3) is 0 Å². The zero-order valence-corrected chi connectivity index (χ0v) is 20.3. The van der Waals surface area contributed by atoms with Gasteiger partial charge in [0.2, 0.25) is 0 Å². The summed E-state index contributed by atoms with van der Waals surface area (Å²) in [5.41, 5.74) is 5.00. The van der Waals surface area contributed by atoms with Crippen LogP contribution >= 0.6 is 0 Å². The molecule has 3 atom stereocenters. The quantitative estimate of drug-likeness (QED) is 0.569. The largest absolute Gasteiger partial charge is 0.334 e. The molecule has 2 aromatic heterocycles. The summed E-state index contributed by atoms with van der Waals surface area (Å²) in [6, 6.07) is 8.21. The van der Waals surface area contributed by atoms with Crippen LogP contribution in [-0.4, -0.2) is 55.7 Å². The third-order valence-corrected chi connectivity index (χ3v) is 8.07. The van der Waals surface area contributed by atoms with Crippen LogP contribution in [0.4, 0.5) is 13.6 Å². The molecule has 3 unspecified atom stereocenters. The Hall–Kier alpha value is -3.33. The summed E-state index contributed by atoms with van der Waals surface area (Å²) in [5, 5.41) is 11.0. The van der Waals surface area contributed by atoms with E-state index >= 15 is 0 Å². The van der Waals surface area contributed by atoms with Crippen LogP contribution in [0.5, 0.6) is 0 Å². The summed E-state index contributed by atoms with van der Waals surface area (Å²) < 4.78 is 28.7. The third kappa shape index (κ3) is 4.15. The normalized spacial score (nSPS) is 23.5. The number of hydrogen-bond donors (Lipinski definition) is 2. The van der Waals surface area contributed by atoms with Gasteiger partial charge >= 0.3 is 6.03 Å². The molecule has 36 heavy (non-hydrogen) atoms. The molecule has 2 amide bonds. The van der Waals surface area contributed by atoms with Gasteiger partial charge in [-0.2, -0.15) is 5.10 Å². The molecule has 9 heteroatoms. The van der Waals surface area contributed by atoms with Crippen molar-refractivity contribution in [3.05, 3.63) is 70.7 Å². The molecule has 1 aromatic carbocycles. The number of amides is 2. The number of aryl methyl sites for hydroxylation is 1. The number of carbonyl (C=O) groups is 1. The number of urea groups is 1. The zero-order chi connectivity index (χ0) is 24.8. The maximum atomic E-state index is 14.3. The minimum Gasteiger partial charge on any atom is -0.334 e. The highest BCUT2D eigenvalue weighted by Gasteiger charge is 2.43. The molecule has 3 aliphatic heterocycles. The first-order valence-electron chi connectivity index (χ1n) is 12.7. The highest BCUT2D eigenvalue weighted by atomic mass is 19.1. The summed E-state index contributed by atoms with van der Waals surface area (Å²) in [4.78, 5) is 21.7. The number of rotatable bonds is 4. The molecule has 3 aliphatic rings. The zero-order valence-electron chi connectivity index (χ0n) is 20.3. The van der Waals surface area contributed by atoms with Gasteiger partial charge in [-0.1, -0.05) is 6.07 Å². The number of fused-ring (bicyclic) bond motifs is 3. The number of aromatic amines is 1. The molecule has 5 heterocycles. The van der Waals surface area contributed by atoms with Gasteiger partial charge in [0, 0.05) is 71.9 Å². The number of piperidine rings is 1. The van der Waals surface area contributed by atoms with Crippen LogP contribution in [0, 0.1) is 18.6 Å². The van der Waals surface area contributed by atoms with E-state index in [2.05, 4.69) is 25.4 Å². The number of benzene rings is 1. The first-order chi connectivity index (χ1) is 17.5. The molecule has 0 radical (unpaired) electrons. The topological polar surface area (TPSA) is 77.2 Å². The summed E-state index contributed by atoms with van der Waals surface area (Å²) in [5.74, 6) is -1.02. The van der Waals surface area contributed by atoms with Crippen LogP contribution in [0.15, 0.2) is 36.5 Å². The van der Waals surface area contributed by atoms with Gasteiger partial charge in [0.05, 0.1) is 12.2 Å². The predicted molar refractivity (Wildman–Crippen MR) is 131 cm³/mol. The second-order valence-electron chi connectivity index (χ2n) is 10.2. The fourth-order valence-electron chi connectivity index (χ4n) is 6.20. The van der Waals surface area contributed by atoms with Gasteiger partial charge in [0.15, 0.2) is 0 Å². The Labute approximate surface area is 208 Å². The molecule has 6 rings (SSSR count). The van der Waals surface area contributed by atoms with Crippen molar-refractivity contribution in [1.29, 1.82) is 0 Å². The summed E-state index contributed by atoms with van der Waals surface area (Å²) in [7, 11) is 0. The number of H-pyrrole nitrogens is 1. The molecule has 2 bridgehead atoms. The average molecular weight is 493 g/mol. The third-order valence-electron chi connectivity index (χ3n) is 8.07. The lowest BCUT2D eigenvalue weighted by atomic mass is 9.96. The maximum Gasteiger partial charge on any atom is 0.317 e. The smallest absolute Gasteiger partial charge is 0.317 e. The van der Waals surface area contributed by atoms with Crippen LogP contribution in [0.3, 0.4) is 0 Å². The van der Waals surface area contributed by atoms with Crippen molar-refractivity contribution in [3.8, 4) is 11.3 Å². The molecule has 2 fully saturated rings. The first kappa shape index (κ1) is 23.1. The van der Waals surface area contributed by atoms with Crippen LogP contribution in [0.25, 0.3) is 11.3 Å². The van der Waals surface area contributed by atoms with Gasteiger partial charge in [-0.15, -0.1) is 0 Å². The molecular weight excluding hydrogens is 462 g/mol. The van der Waals surface area contributed by atoms with E-state index in [1.54, 1.807) is 6.20 Å². The fourth-order valence-corrected chi connectivity index (χ4v) is 6.20. The lowest BCUT2D eigenvalue weighted by molar-refractivity contribution is 0.0962. The van der Waals surface area contributed by atoms with Crippen molar-refractivity contribution in [2.75, 3.05) is 6.54 Å². The van der Waals surface area contributed by atoms with Crippen molar-refractivity contribution in [3.63, 3.8) is 0 Å². The molecule has 188 valence electrons. The average Bonchev–Trinajstić information content (AvgIpc) is 3.41. The van der Waals surface area contributed by atoms with Gasteiger partial charge in [-0.05, 0) is 56.9 Å². The van der Waals surface area contributed by atoms with E-state index < -0.39 is 11.6 Å². The van der Waals surface area contributed by atoms with E-state index in [1.165, 1.54) is 18.2 Å². The number of nitrogens with zero attached hydrogens (tertiary/aromatic N) is 4. The Kier molecular flexibility index (Phi) is 5.95. The summed E-state index contributed by atoms with van der Waals surface area (Å²) >= 11 is 0. The van der Waals surface area contributed by atoms with E-state index in [0.29, 0.717) is 25.6 Å². The molecule has 0 aliphatic carbocycles. The van der Waals surface area contributed by atoms with E-state index in [9.17, 15) is 13.6 Å². The lowest BCUT2D eigenvalue weighted by Gasteiger charge is -2.41. The van der Waals surface area contributed by atoms with E-state index in [4.69, 9.17) is 0 Å². The van der Waals surface area contributed by atoms with Crippen LogP contribution in [0.1, 0.15) is 48.2 Å². The molecule has 2 saturated heterocycles. The molecule has 0 saturated carbocycles. The minimum absolute atomic E-state index is 0.0425. The van der Waals surface area contributed by atoms with Crippen LogP contribution in [0.2, 0.25) is 0 Å². The van der Waals surface area contributed by atoms with E-state index in [-0.39, 0.29) is 30.2 Å². The first-order valence-corrected chi connectivity index (χ1v) is 12.7. The van der Waals surface area contributed by atoms with Crippen LogP contribution < -0.4 is 5.32 Å². The van der Waals surface area contributed by atoms with Crippen molar-refractivity contribution >= 4 is 6.03 Å². The Balaban J connectivity index is 1.16. The van der Waals surface area contributed by atoms with Crippen molar-refractivity contribution in [2.24, 2.45) is 0 Å². The number of pyridine rings is 1. The van der Waals surface area contributed by atoms with Crippen molar-refractivity contribution in [1.82, 2.24) is 30.3 Å². The highest BCUT2D eigenvalue weighted by molar-refractivity contribution is 5.76. The molecular formula is C27H30F2N6O. The van der Waals surface area contributed by atoms with E-state index in [1.807, 2.05) is 24.0 Å². The van der Waals surface area contributed by atoms with Gasteiger partial charge in [0.1, 0.15) is 11.6 Å². The standard InChI is InChI=1S/C27H30F2N6O/c1-16-13-17(9-11-30-16)26-20-14-34(12-10-23(20)32-33-26)27(36)31-24-7-5-18-6-8-25(24)35(18)15-19-21(28)3-2-4-22(19)29/h2-4,9,11,13,18,24-25H,5-8,10,12,14-15H2,1H3,(H,31,36)(H,32,33). The van der Waals surface area contributed by atoms with E-state index in [0.717, 1.165) is 53.9 Å². The Morgan fingerprint density at radius 2 is 1.97 bits per heavy atom. The molecule has 7 nitrogen and oxygen atoms in total. The highest BCUT2D eigenvalue weighted by Crippen LogP contribution is 2.38. The number of aromatic nitrogens is 3. The van der Waals surface area contributed by atoms with Crippen LogP contribution in [-0.2, 0) is 19.5 Å². The summed E-state index contributed by atoms with van der Waals surface area (Å²) in [6.07, 6.45) is 6.19. The number of hydrogen-bond acceptors (Lipinski definition) is 4. The van der Waals surface area contributed by atoms with Crippen molar-refractivity contribution < 1.29 is 13.6 Å². The number of halogens is 2. The molecule has 2 N–H and O–H groups in total. The van der Waals surface area contributed by atoms with Gasteiger partial charge < -0.3 is 10.2 Å². The van der Waals surface area contributed by atoms with Gasteiger partial charge in [-0.25, -0.2) is 13.6 Å². The minimum atomic E-state index is -0.509.